The number of unbranched alkanes of at least 4 members (excludes halogenated alkanes) is 15. The molecule has 2 rings (SSSR count). The fourth-order valence-corrected chi connectivity index (χ4v) is 10.2. The fourth-order valence-electron chi connectivity index (χ4n) is 9.89. The number of rotatable bonds is 44. The Balaban J connectivity index is -0.0000000692. The third-order valence-corrected chi connectivity index (χ3v) is 18.3. The molecule has 17 nitrogen and oxygen atoms in total. The summed E-state index contributed by atoms with van der Waals surface area (Å²) in [6.07, 6.45) is 23.3. The number of phosphoric ester groups is 1. The van der Waals surface area contributed by atoms with Gasteiger partial charge < -0.3 is 155 Å². The second kappa shape index (κ2) is 85.5. The van der Waals surface area contributed by atoms with Gasteiger partial charge in [0.05, 0.1) is 191 Å². The Labute approximate surface area is 738 Å². The molecule has 0 fully saturated rings. The average Bonchev–Trinajstić information content (AvgIpc) is 0.835. The maximum atomic E-state index is 11.6. The number of quaternary nitrogens is 8. The van der Waals surface area contributed by atoms with Crippen LogP contribution in [-0.4, -0.2) is 330 Å². The Morgan fingerprint density at radius 3 is 1.00 bits per heavy atom. The number of aliphatic hydroxyl groups excluding tert-OH is 1. The van der Waals surface area contributed by atoms with E-state index in [-0.39, 0.29) is 156 Å². The molecule has 0 saturated carbocycles. The number of likely N-dealkylation sites (N-methyl/N-ethyl adjacent to an activating group) is 3. The summed E-state index contributed by atoms with van der Waals surface area (Å²) in [6, 6.07) is 21.3. The number of hydrogen-bond donors (Lipinski definition) is 3. The monoisotopic (exact) mass is 1730 g/mol. The molecule has 0 bridgehead atoms. The quantitative estimate of drug-likeness (QED) is 0.0148. The molecule has 106 heavy (non-hydrogen) atoms. The number of phosphoric acid groups is 1. The fraction of sp³-hybridized carbons (Fsp3) is 0.835. The van der Waals surface area contributed by atoms with Crippen LogP contribution in [0.25, 0.3) is 0 Å². The van der Waals surface area contributed by atoms with Gasteiger partial charge in [0.1, 0.15) is 50.3 Å². The van der Waals surface area contributed by atoms with Crippen LogP contribution in [0.15, 0.2) is 60.7 Å². The SMILES string of the molecule is CC(O)C[N+](C)(C)C.CCCCCCCCCCCCCC(=O)OCC[N+](C)(C)C.CCCCCCCC[N+](C)(C)C.CC[N+](C)(CC)CC.CC[N+](CC)(CC)COCCOC.CC[N+](CC)(CC)c1ccccc1.C[N+](C)(C)CCOP(=O)(O)O.C[N+](C)(C)c1ccccc1.[CaH2].[Cl-].[Cl-].[Cl-].[Cl-].[Cl-].[Cl-].[Cl-].[Cl-]. The summed E-state index contributed by atoms with van der Waals surface area (Å²) < 4.78 is 37.8. The minimum atomic E-state index is -4.26. The van der Waals surface area contributed by atoms with E-state index in [1.165, 1.54) is 164 Å². The van der Waals surface area contributed by atoms with Crippen molar-refractivity contribution >= 4 is 62.9 Å². The number of halogens is 8. The minimum absolute atomic E-state index is 0. The Bertz CT molecular complexity index is 2050. The van der Waals surface area contributed by atoms with Crippen molar-refractivity contribution in [1.82, 2.24) is 8.97 Å². The first-order chi connectivity index (χ1) is 45.0. The van der Waals surface area contributed by atoms with Gasteiger partial charge in [0.15, 0.2) is 6.73 Å². The van der Waals surface area contributed by atoms with E-state index in [2.05, 4.69) is 227 Å². The number of carbonyl (C=O) groups excluding carboxylic acids is 1. The number of methoxy groups -OCH3 is 1. The topological polar surface area (TPSA) is 132 Å². The van der Waals surface area contributed by atoms with Crippen LogP contribution in [0.4, 0.5) is 11.4 Å². The van der Waals surface area contributed by atoms with Crippen molar-refractivity contribution in [2.24, 2.45) is 0 Å². The molecular formula is C79H175CaCl8N8O9P. The van der Waals surface area contributed by atoms with Crippen LogP contribution in [0.5, 0.6) is 0 Å². The van der Waals surface area contributed by atoms with Crippen LogP contribution in [0.2, 0.25) is 0 Å². The minimum Gasteiger partial charge on any atom is -1.00 e. The number of benzene rings is 2. The van der Waals surface area contributed by atoms with Crippen LogP contribution in [0.1, 0.15) is 199 Å². The zero-order valence-electron chi connectivity index (χ0n) is 73.1. The van der Waals surface area contributed by atoms with Gasteiger partial charge in [-0.15, -0.1) is 0 Å². The molecule has 27 heteroatoms. The molecule has 0 heterocycles. The number of hydrogen-bond acceptors (Lipinski definition) is 7. The summed E-state index contributed by atoms with van der Waals surface area (Å²) in [5.41, 5.74) is 2.78. The van der Waals surface area contributed by atoms with Crippen LogP contribution < -0.4 is 108 Å². The number of aliphatic hydroxyl groups is 1. The molecule has 1 atom stereocenters. The van der Waals surface area contributed by atoms with Crippen molar-refractivity contribution in [1.29, 1.82) is 0 Å². The number of nitrogens with zero attached hydrogens (tertiary/aromatic N) is 8. The molecule has 3 N–H and O–H groups in total. The zero-order chi connectivity index (χ0) is 76.2. The van der Waals surface area contributed by atoms with Gasteiger partial charge in [0.25, 0.3) is 0 Å². The van der Waals surface area contributed by atoms with E-state index >= 15 is 0 Å². The van der Waals surface area contributed by atoms with Gasteiger partial charge in [-0.05, 0) is 113 Å². The average molecular weight is 1740 g/mol. The van der Waals surface area contributed by atoms with E-state index in [9.17, 15) is 9.36 Å². The first kappa shape index (κ1) is 142. The number of carbonyl (C=O) groups is 1. The molecule has 0 saturated heterocycles. The molecule has 0 spiro atoms. The summed E-state index contributed by atoms with van der Waals surface area (Å²) in [5.74, 6) is -0.0237. The second-order valence-corrected chi connectivity index (χ2v) is 32.9. The second-order valence-electron chi connectivity index (χ2n) is 31.6. The normalized spacial score (nSPS) is 11.3. The van der Waals surface area contributed by atoms with E-state index in [4.69, 9.17) is 29.1 Å². The molecular weight excluding hydrogens is 1560 g/mol. The van der Waals surface area contributed by atoms with E-state index in [1.54, 1.807) is 7.11 Å². The zero-order valence-corrected chi connectivity index (χ0v) is 80.1. The van der Waals surface area contributed by atoms with Gasteiger partial charge in [-0.3, -0.25) is 18.3 Å². The van der Waals surface area contributed by atoms with Crippen LogP contribution in [0.3, 0.4) is 0 Å². The molecule has 0 amide bonds. The van der Waals surface area contributed by atoms with Crippen LogP contribution >= 0.6 is 7.82 Å². The summed E-state index contributed by atoms with van der Waals surface area (Å²) in [6.45, 7) is 43.7. The molecule has 0 aliphatic rings. The number of ether oxygens (including phenoxy) is 3. The van der Waals surface area contributed by atoms with Gasteiger partial charge in [-0.25, -0.2) is 4.57 Å². The van der Waals surface area contributed by atoms with Gasteiger partial charge in [-0.2, -0.15) is 0 Å². The molecule has 0 radical (unpaired) electrons. The smallest absolute Gasteiger partial charge is 1.00 e. The standard InChI is InChI=1S/C19H40NO2.C12H20N.C11H26N.C10H24NO2.C9H14N.C7H18N.C6H16NO.C5H14NO4P.Ca.8ClH.2H/c1-5-6-7-8-9-10-11-12-13-14-15-16-19(21)22-18-17-20(2,3)4;1-4-13(5-2,6-3)12-10-8-7-9-11-12;1-5-6-7-8-9-10-11-12(2,3)4;1-5-11(6-2,7-3)10-13-9-8-12-4;1-10(2,3)9-7-5-4-6-8-9;1-5-8(4,6-2)7-3;1-6(8)5-7(2,3)4;1-6(2,3)4-5-10-11(7,8)9;;;;;;;;;;;/h5-18H2,1-4H3;7-11H,4-6H2,1-3H3;5-11H2,1-4H3;5-10H2,1-4H3;4-8H,1-3H3;5-7H2,1-4H3;6,8H,5H2,1-4H3;4-5H2,1-3H3,(H-,7,8,9);;8*1H;;/q7*+1;;;;;;;;;;;;/p-7. The molecule has 648 valence electrons. The van der Waals surface area contributed by atoms with Crippen molar-refractivity contribution in [2.45, 2.75) is 205 Å². The van der Waals surface area contributed by atoms with Crippen molar-refractivity contribution in [3.8, 4) is 0 Å². The van der Waals surface area contributed by atoms with E-state index in [1.807, 2.05) is 34.1 Å². The summed E-state index contributed by atoms with van der Waals surface area (Å²) in [7, 11) is 31.3. The molecule has 2 aromatic rings. The number of esters is 1. The molecule has 0 aliphatic heterocycles. The van der Waals surface area contributed by atoms with Gasteiger partial charge in [-0.1, -0.05) is 140 Å². The summed E-state index contributed by atoms with van der Waals surface area (Å²) >= 11 is 0. The first-order valence-corrected chi connectivity index (χ1v) is 39.8. The Morgan fingerprint density at radius 1 is 0.415 bits per heavy atom. The van der Waals surface area contributed by atoms with Gasteiger partial charge in [0.2, 0.25) is 0 Å². The number of para-hydroxylation sites is 2. The van der Waals surface area contributed by atoms with Gasteiger partial charge in [0, 0.05) is 13.5 Å². The molecule has 1 unspecified atom stereocenters. The molecule has 0 aliphatic carbocycles. The predicted molar refractivity (Wildman–Crippen MR) is 433 cm³/mol. The largest absolute Gasteiger partial charge is 1.00 e. The van der Waals surface area contributed by atoms with Crippen molar-refractivity contribution in [3.63, 3.8) is 0 Å². The molecule has 0 aromatic heterocycles. The van der Waals surface area contributed by atoms with Crippen molar-refractivity contribution in [3.05, 3.63) is 60.7 Å². The predicted octanol–water partition coefficient (Wildman–Crippen LogP) is -9.11. The third kappa shape index (κ3) is 103. The van der Waals surface area contributed by atoms with E-state index in [0.717, 1.165) is 72.8 Å². The first-order valence-electron chi connectivity index (χ1n) is 38.3. The van der Waals surface area contributed by atoms with Crippen molar-refractivity contribution < 1.29 is 169 Å². The van der Waals surface area contributed by atoms with Crippen LogP contribution in [0, 0.1) is 0 Å². The Kier molecular flexibility index (Phi) is 115. The van der Waals surface area contributed by atoms with Crippen LogP contribution in [-0.2, 0) is 28.1 Å². The Hall–Kier alpha value is 1.16. The summed E-state index contributed by atoms with van der Waals surface area (Å²) in [4.78, 5) is 28.2. The van der Waals surface area contributed by atoms with E-state index in [0.29, 0.717) is 37.3 Å². The van der Waals surface area contributed by atoms with Crippen molar-refractivity contribution in [2.75, 3.05) is 238 Å². The summed E-state index contributed by atoms with van der Waals surface area (Å²) in [5, 5.41) is 8.87. The Morgan fingerprint density at radius 2 is 0.745 bits per heavy atom. The maximum absolute atomic E-state index is 11.6. The third-order valence-electron chi connectivity index (χ3n) is 17.8. The van der Waals surface area contributed by atoms with E-state index < -0.39 is 7.82 Å². The van der Waals surface area contributed by atoms with Gasteiger partial charge >= 0.3 is 51.5 Å². The molecule has 2 aromatic carbocycles. The maximum Gasteiger partial charge on any atom is -1.00 e.